The Hall–Kier alpha value is -0.960. The monoisotopic (exact) mass is 222 g/mol. The molecule has 1 saturated carbocycles. The van der Waals surface area contributed by atoms with Crippen LogP contribution in [0.4, 0.5) is 0 Å². The summed E-state index contributed by atoms with van der Waals surface area (Å²) in [5, 5.41) is 9.24. The van der Waals surface area contributed by atoms with Gasteiger partial charge in [-0.05, 0) is 30.9 Å². The van der Waals surface area contributed by atoms with E-state index < -0.39 is 10.7 Å². The second-order valence-electron chi connectivity index (χ2n) is 4.23. The molecule has 1 aliphatic carbocycles. The maximum Gasteiger partial charge on any atom is 0.320 e. The number of carbonyl (C=O) groups is 1. The Morgan fingerprint density at radius 1 is 1.40 bits per heavy atom. The number of thioether (sulfide) groups is 1. The van der Waals surface area contributed by atoms with E-state index in [9.17, 15) is 9.90 Å². The van der Waals surface area contributed by atoms with Gasteiger partial charge in [-0.25, -0.2) is 0 Å². The second kappa shape index (κ2) is 3.89. The van der Waals surface area contributed by atoms with Crippen molar-refractivity contribution in [3.63, 3.8) is 0 Å². The quantitative estimate of drug-likeness (QED) is 0.854. The maximum absolute atomic E-state index is 11.2. The van der Waals surface area contributed by atoms with Crippen LogP contribution in [-0.4, -0.2) is 15.8 Å². The number of benzene rings is 1. The summed E-state index contributed by atoms with van der Waals surface area (Å²) in [6.45, 7) is 2.10. The lowest BCUT2D eigenvalue weighted by molar-refractivity contribution is -0.143. The van der Waals surface area contributed by atoms with Crippen LogP contribution in [0.15, 0.2) is 35.2 Å². The molecule has 0 aromatic heterocycles. The molecule has 0 amide bonds. The zero-order valence-electron chi connectivity index (χ0n) is 8.64. The molecule has 0 aliphatic heterocycles. The minimum atomic E-state index is -0.672. The van der Waals surface area contributed by atoms with E-state index in [-0.39, 0.29) is 0 Å². The van der Waals surface area contributed by atoms with Crippen molar-refractivity contribution in [1.29, 1.82) is 0 Å². The van der Waals surface area contributed by atoms with Gasteiger partial charge in [0.1, 0.15) is 4.75 Å². The average molecular weight is 222 g/mol. The summed E-state index contributed by atoms with van der Waals surface area (Å²) < 4.78 is -0.569. The van der Waals surface area contributed by atoms with E-state index in [0.717, 1.165) is 17.7 Å². The first-order chi connectivity index (χ1) is 7.12. The number of hydrogen-bond donors (Lipinski definition) is 1. The molecular weight excluding hydrogens is 208 g/mol. The largest absolute Gasteiger partial charge is 0.480 e. The zero-order chi connectivity index (χ0) is 10.9. The van der Waals surface area contributed by atoms with E-state index in [1.807, 2.05) is 30.3 Å². The number of aliphatic carboxylic acids is 1. The van der Waals surface area contributed by atoms with Gasteiger partial charge in [0.25, 0.3) is 0 Å². The maximum atomic E-state index is 11.2. The Bertz CT molecular complexity index is 355. The Morgan fingerprint density at radius 2 is 2.00 bits per heavy atom. The van der Waals surface area contributed by atoms with Crippen molar-refractivity contribution in [1.82, 2.24) is 0 Å². The Balaban J connectivity index is 2.13. The van der Waals surface area contributed by atoms with Crippen LogP contribution in [0.2, 0.25) is 0 Å². The summed E-state index contributed by atoms with van der Waals surface area (Å²) in [6.07, 6.45) is 1.56. The van der Waals surface area contributed by atoms with E-state index in [1.165, 1.54) is 11.8 Å². The van der Waals surface area contributed by atoms with Gasteiger partial charge < -0.3 is 5.11 Å². The fourth-order valence-electron chi connectivity index (χ4n) is 2.08. The van der Waals surface area contributed by atoms with Gasteiger partial charge in [0, 0.05) is 4.90 Å². The molecule has 1 aromatic rings. The van der Waals surface area contributed by atoms with Gasteiger partial charge in [0.2, 0.25) is 0 Å². The Kier molecular flexibility index (Phi) is 2.74. The summed E-state index contributed by atoms with van der Waals surface area (Å²) >= 11 is 1.49. The lowest BCUT2D eigenvalue weighted by Crippen LogP contribution is -2.46. The van der Waals surface area contributed by atoms with E-state index in [2.05, 4.69) is 6.92 Å². The van der Waals surface area contributed by atoms with Crippen molar-refractivity contribution in [3.05, 3.63) is 30.3 Å². The second-order valence-corrected chi connectivity index (χ2v) is 5.68. The standard InChI is InChI=1S/C12H14O2S/c1-9-7-12(8-9,11(13)14)15-10-5-3-2-4-6-10/h2-6,9H,7-8H2,1H3,(H,13,14). The summed E-state index contributed by atoms with van der Waals surface area (Å²) in [6, 6.07) is 9.78. The third-order valence-corrected chi connectivity index (χ3v) is 4.21. The molecule has 1 aliphatic rings. The van der Waals surface area contributed by atoms with Crippen molar-refractivity contribution in [3.8, 4) is 0 Å². The molecule has 15 heavy (non-hydrogen) atoms. The molecule has 80 valence electrons. The summed E-state index contributed by atoms with van der Waals surface area (Å²) in [5.41, 5.74) is 0. The number of hydrogen-bond acceptors (Lipinski definition) is 2. The summed E-state index contributed by atoms with van der Waals surface area (Å²) in [7, 11) is 0. The molecule has 2 rings (SSSR count). The highest BCUT2D eigenvalue weighted by Gasteiger charge is 2.49. The van der Waals surface area contributed by atoms with Crippen LogP contribution in [0.1, 0.15) is 19.8 Å². The van der Waals surface area contributed by atoms with Gasteiger partial charge in [0.15, 0.2) is 0 Å². The topological polar surface area (TPSA) is 37.3 Å². The molecule has 1 N–H and O–H groups in total. The molecule has 0 bridgehead atoms. The molecule has 0 unspecified atom stereocenters. The first kappa shape index (κ1) is 10.6. The van der Waals surface area contributed by atoms with Crippen LogP contribution >= 0.6 is 11.8 Å². The lowest BCUT2D eigenvalue weighted by Gasteiger charge is -2.42. The van der Waals surface area contributed by atoms with Gasteiger partial charge in [-0.3, -0.25) is 4.79 Å². The highest BCUT2D eigenvalue weighted by molar-refractivity contribution is 8.01. The van der Waals surface area contributed by atoms with Crippen molar-refractivity contribution in [2.75, 3.05) is 0 Å². The molecule has 2 nitrogen and oxygen atoms in total. The number of rotatable bonds is 3. The number of carboxylic acids is 1. The predicted octanol–water partition coefficient (Wildman–Crippen LogP) is 3.03. The number of carboxylic acid groups (broad SMARTS) is 1. The third kappa shape index (κ3) is 2.02. The predicted molar refractivity (Wildman–Crippen MR) is 61.1 cm³/mol. The van der Waals surface area contributed by atoms with Gasteiger partial charge in [-0.15, -0.1) is 11.8 Å². The minimum Gasteiger partial charge on any atom is -0.480 e. The first-order valence-corrected chi connectivity index (χ1v) is 5.91. The van der Waals surface area contributed by atoms with Crippen LogP contribution in [0.5, 0.6) is 0 Å². The van der Waals surface area contributed by atoms with E-state index in [0.29, 0.717) is 5.92 Å². The Labute approximate surface area is 93.7 Å². The van der Waals surface area contributed by atoms with Crippen LogP contribution < -0.4 is 0 Å². The fraction of sp³-hybridized carbons (Fsp3) is 0.417. The van der Waals surface area contributed by atoms with E-state index in [1.54, 1.807) is 0 Å². The van der Waals surface area contributed by atoms with Crippen LogP contribution in [0, 0.1) is 5.92 Å². The van der Waals surface area contributed by atoms with Crippen LogP contribution in [0.25, 0.3) is 0 Å². The van der Waals surface area contributed by atoms with Crippen LogP contribution in [0.3, 0.4) is 0 Å². The average Bonchev–Trinajstić information content (AvgIpc) is 2.16. The first-order valence-electron chi connectivity index (χ1n) is 5.10. The van der Waals surface area contributed by atoms with Crippen molar-refractivity contribution in [2.45, 2.75) is 29.4 Å². The molecule has 0 atom stereocenters. The normalized spacial score (nSPS) is 29.5. The summed E-state index contributed by atoms with van der Waals surface area (Å²) in [5.74, 6) is -0.133. The fourth-order valence-corrected chi connectivity index (χ4v) is 3.65. The van der Waals surface area contributed by atoms with Gasteiger partial charge in [-0.1, -0.05) is 25.1 Å². The smallest absolute Gasteiger partial charge is 0.320 e. The van der Waals surface area contributed by atoms with Crippen molar-refractivity contribution < 1.29 is 9.90 Å². The molecule has 1 fully saturated rings. The minimum absolute atomic E-state index is 0.539. The van der Waals surface area contributed by atoms with Gasteiger partial charge in [-0.2, -0.15) is 0 Å². The highest BCUT2D eigenvalue weighted by Crippen LogP contribution is 2.50. The van der Waals surface area contributed by atoms with Gasteiger partial charge in [0.05, 0.1) is 0 Å². The van der Waals surface area contributed by atoms with Gasteiger partial charge >= 0.3 is 5.97 Å². The SMILES string of the molecule is CC1CC(Sc2ccccc2)(C(=O)O)C1. The highest BCUT2D eigenvalue weighted by atomic mass is 32.2. The Morgan fingerprint density at radius 3 is 2.47 bits per heavy atom. The van der Waals surface area contributed by atoms with E-state index in [4.69, 9.17) is 0 Å². The molecular formula is C12H14O2S. The molecule has 0 saturated heterocycles. The molecule has 1 aromatic carbocycles. The molecule has 0 heterocycles. The third-order valence-electron chi connectivity index (χ3n) is 2.80. The zero-order valence-corrected chi connectivity index (χ0v) is 9.46. The molecule has 0 radical (unpaired) electrons. The summed E-state index contributed by atoms with van der Waals surface area (Å²) in [4.78, 5) is 12.3. The molecule has 0 spiro atoms. The van der Waals surface area contributed by atoms with Crippen molar-refractivity contribution >= 4 is 17.7 Å². The van der Waals surface area contributed by atoms with E-state index >= 15 is 0 Å². The van der Waals surface area contributed by atoms with Crippen molar-refractivity contribution in [2.24, 2.45) is 5.92 Å². The lowest BCUT2D eigenvalue weighted by atomic mass is 9.75. The van der Waals surface area contributed by atoms with Crippen LogP contribution in [-0.2, 0) is 4.79 Å². The molecule has 3 heteroatoms.